The number of rotatable bonds is 8. The van der Waals surface area contributed by atoms with Gasteiger partial charge in [-0.1, -0.05) is 19.0 Å². The summed E-state index contributed by atoms with van der Waals surface area (Å²) in [5.41, 5.74) is 5.20. The van der Waals surface area contributed by atoms with Crippen molar-refractivity contribution in [3.63, 3.8) is 0 Å². The van der Waals surface area contributed by atoms with Crippen LogP contribution in [-0.4, -0.2) is 77.0 Å². The van der Waals surface area contributed by atoms with E-state index in [1.807, 2.05) is 57.2 Å². The van der Waals surface area contributed by atoms with Gasteiger partial charge in [0.05, 0.1) is 43.1 Å². The van der Waals surface area contributed by atoms with Gasteiger partial charge in [0, 0.05) is 42.5 Å². The molecule has 0 saturated carbocycles. The molecule has 3 aromatic rings. The zero-order valence-corrected chi connectivity index (χ0v) is 23.1. The van der Waals surface area contributed by atoms with E-state index >= 15 is 0 Å². The molecular weight excluding hydrogens is 518 g/mol. The van der Waals surface area contributed by atoms with E-state index in [9.17, 15) is 9.59 Å². The fourth-order valence-corrected chi connectivity index (χ4v) is 5.43. The molecular formula is C29H38ClN5O4. The molecule has 1 N–H and O–H groups in total. The van der Waals surface area contributed by atoms with E-state index in [-0.39, 0.29) is 31.5 Å². The topological polar surface area (TPSA) is 92.7 Å². The third kappa shape index (κ3) is 6.05. The van der Waals surface area contributed by atoms with E-state index in [1.54, 1.807) is 4.90 Å². The summed E-state index contributed by atoms with van der Waals surface area (Å²) in [6.45, 7) is 7.18. The summed E-state index contributed by atoms with van der Waals surface area (Å²) in [6, 6.07) is 3.86. The third-order valence-corrected chi connectivity index (χ3v) is 7.59. The summed E-state index contributed by atoms with van der Waals surface area (Å²) in [4.78, 5) is 33.2. The average Bonchev–Trinajstić information content (AvgIpc) is 3.55. The van der Waals surface area contributed by atoms with Gasteiger partial charge >= 0.3 is 0 Å². The lowest BCUT2D eigenvalue weighted by molar-refractivity contribution is 0.0725. The molecule has 5 rings (SSSR count). The van der Waals surface area contributed by atoms with Gasteiger partial charge in [0.15, 0.2) is 0 Å². The highest BCUT2D eigenvalue weighted by molar-refractivity contribution is 6.35. The molecule has 0 aliphatic carbocycles. The van der Waals surface area contributed by atoms with Crippen molar-refractivity contribution < 1.29 is 14.3 Å². The van der Waals surface area contributed by atoms with Crippen molar-refractivity contribution in [2.24, 2.45) is 0 Å². The van der Waals surface area contributed by atoms with Crippen molar-refractivity contribution in [3.05, 3.63) is 67.9 Å². The number of aromatic nitrogens is 3. The zero-order valence-electron chi connectivity index (χ0n) is 22.3. The second kappa shape index (κ2) is 11.9. The monoisotopic (exact) mass is 555 g/mol. The fourth-order valence-electron chi connectivity index (χ4n) is 5.14. The minimum absolute atomic E-state index is 0. The van der Waals surface area contributed by atoms with Crippen molar-refractivity contribution in [2.45, 2.75) is 53.3 Å². The minimum atomic E-state index is -0.204. The number of pyridine rings is 1. The van der Waals surface area contributed by atoms with Crippen LogP contribution in [0.1, 0.15) is 46.6 Å². The highest BCUT2D eigenvalue weighted by Gasteiger charge is 2.33. The Morgan fingerprint density at radius 2 is 2.05 bits per heavy atom. The number of likely N-dealkylation sites (N-methyl/N-ethyl adjacent to an activating group) is 1. The summed E-state index contributed by atoms with van der Waals surface area (Å²) in [5, 5.41) is 4.85. The highest BCUT2D eigenvalue weighted by Crippen LogP contribution is 2.41. The van der Waals surface area contributed by atoms with Crippen molar-refractivity contribution in [2.75, 3.05) is 40.4 Å². The number of H-pyrrole nitrogens is 1. The van der Waals surface area contributed by atoms with Gasteiger partial charge < -0.3 is 24.3 Å². The van der Waals surface area contributed by atoms with Gasteiger partial charge in [-0.05, 0) is 63.2 Å². The largest absolute Gasteiger partial charge is 0.486 e. The fraction of sp³-hybridized carbons (Fsp3) is 0.483. The lowest BCUT2D eigenvalue weighted by Crippen LogP contribution is -2.39. The van der Waals surface area contributed by atoms with E-state index in [0.29, 0.717) is 48.1 Å². The Balaban J connectivity index is 0.00000353. The molecule has 1 saturated heterocycles. The number of hydrogen-bond donors (Lipinski definition) is 1. The van der Waals surface area contributed by atoms with E-state index in [4.69, 9.17) is 21.1 Å². The zero-order chi connectivity index (χ0) is 27.0. The number of carbonyl (C=O) groups is 1. The number of benzene rings is 1. The Morgan fingerprint density at radius 3 is 2.74 bits per heavy atom. The number of amides is 1. The predicted octanol–water partition coefficient (Wildman–Crippen LogP) is 4.07. The van der Waals surface area contributed by atoms with Gasteiger partial charge in [0.1, 0.15) is 11.9 Å². The number of fused-ring (bicyclic) bond motifs is 1. The molecule has 0 bridgehead atoms. The van der Waals surface area contributed by atoms with Crippen LogP contribution in [-0.2, 0) is 24.2 Å². The first-order chi connectivity index (χ1) is 18.2. The van der Waals surface area contributed by atoms with Gasteiger partial charge in [0.25, 0.3) is 11.5 Å². The number of hydrogen-bond acceptors (Lipinski definition) is 6. The van der Waals surface area contributed by atoms with Crippen molar-refractivity contribution >= 4 is 17.5 Å². The van der Waals surface area contributed by atoms with Gasteiger partial charge in [-0.3, -0.25) is 14.3 Å². The van der Waals surface area contributed by atoms with Crippen LogP contribution >= 0.6 is 11.6 Å². The van der Waals surface area contributed by atoms with Crippen LogP contribution in [0.15, 0.2) is 29.3 Å². The maximum Gasteiger partial charge on any atom is 0.256 e. The lowest BCUT2D eigenvalue weighted by atomic mass is 9.90. The minimum Gasteiger partial charge on any atom is -0.486 e. The molecule has 1 aromatic carbocycles. The van der Waals surface area contributed by atoms with Crippen LogP contribution in [0.5, 0.6) is 5.75 Å². The number of ether oxygens (including phenoxy) is 2. The Kier molecular flexibility index (Phi) is 8.83. The average molecular weight is 556 g/mol. The van der Waals surface area contributed by atoms with Crippen LogP contribution in [0.2, 0.25) is 5.02 Å². The Morgan fingerprint density at radius 1 is 1.26 bits per heavy atom. The first kappa shape index (κ1) is 28.9. The van der Waals surface area contributed by atoms with Crippen molar-refractivity contribution in [1.29, 1.82) is 0 Å². The van der Waals surface area contributed by atoms with Crippen molar-refractivity contribution in [3.8, 4) is 16.9 Å². The normalized spacial score (nSPS) is 16.9. The number of halogens is 1. The number of aromatic amines is 1. The first-order valence-electron chi connectivity index (χ1n) is 13.0. The maximum atomic E-state index is 13.9. The van der Waals surface area contributed by atoms with Crippen LogP contribution in [0.25, 0.3) is 11.1 Å². The van der Waals surface area contributed by atoms with Gasteiger partial charge in [-0.15, -0.1) is 0 Å². The summed E-state index contributed by atoms with van der Waals surface area (Å²) in [6.07, 6.45) is 5.08. The molecule has 2 aliphatic rings. The molecule has 2 aliphatic heterocycles. The van der Waals surface area contributed by atoms with Crippen molar-refractivity contribution in [1.82, 2.24) is 24.6 Å². The number of nitrogens with zero attached hydrogens (tertiary/aromatic N) is 4. The molecule has 0 spiro atoms. The molecule has 2 aromatic heterocycles. The lowest BCUT2D eigenvalue weighted by Gasteiger charge is -2.31. The quantitative estimate of drug-likeness (QED) is 0.450. The first-order valence-corrected chi connectivity index (χ1v) is 13.3. The number of aryl methyl sites for hydroxylation is 2. The molecule has 0 radical (unpaired) electrons. The SMILES string of the molecule is C.Cc1cc(C)c(CN2CCc3c(-c4cnn(CCN(C)C)c4)cc(O[C@@H]4CCOC4)c(Cl)c3C2=O)c(=O)[nH]1. The second-order valence-electron chi connectivity index (χ2n) is 10.4. The molecule has 0 unspecified atom stereocenters. The third-order valence-electron chi connectivity index (χ3n) is 7.22. The molecule has 39 heavy (non-hydrogen) atoms. The molecule has 4 heterocycles. The van der Waals surface area contributed by atoms with E-state index in [2.05, 4.69) is 15.0 Å². The molecule has 10 heteroatoms. The van der Waals surface area contributed by atoms with Crippen LogP contribution in [0.3, 0.4) is 0 Å². The Hall–Kier alpha value is -3.14. The van der Waals surface area contributed by atoms with E-state index in [0.717, 1.165) is 47.5 Å². The highest BCUT2D eigenvalue weighted by atomic mass is 35.5. The van der Waals surface area contributed by atoms with Crippen LogP contribution < -0.4 is 10.3 Å². The predicted molar refractivity (Wildman–Crippen MR) is 153 cm³/mol. The summed E-state index contributed by atoms with van der Waals surface area (Å²) in [5.74, 6) is 0.265. The van der Waals surface area contributed by atoms with Gasteiger partial charge in [-0.25, -0.2) is 0 Å². The summed E-state index contributed by atoms with van der Waals surface area (Å²) in [7, 11) is 4.05. The summed E-state index contributed by atoms with van der Waals surface area (Å²) >= 11 is 6.89. The molecule has 9 nitrogen and oxygen atoms in total. The second-order valence-corrected chi connectivity index (χ2v) is 10.8. The molecule has 1 atom stereocenters. The van der Waals surface area contributed by atoms with E-state index < -0.39 is 0 Å². The van der Waals surface area contributed by atoms with E-state index in [1.165, 1.54) is 0 Å². The maximum absolute atomic E-state index is 13.9. The van der Waals surface area contributed by atoms with Crippen LogP contribution in [0, 0.1) is 13.8 Å². The standard InChI is InChI=1S/C28H34ClN5O4.CH4/c1-17-11-18(2)31-27(35)23(17)15-33-7-5-21-22(19-13-30-34(14-19)9-8-32(3)4)12-24(26(29)25(21)28(33)36)38-20-6-10-37-16-20;/h11-14,20H,5-10,15-16H2,1-4H3,(H,31,35);1H4/t20-;/m1./s1. The Labute approximate surface area is 234 Å². The van der Waals surface area contributed by atoms with Gasteiger partial charge in [0.2, 0.25) is 0 Å². The van der Waals surface area contributed by atoms with Crippen LogP contribution in [0.4, 0.5) is 0 Å². The smallest absolute Gasteiger partial charge is 0.256 e. The molecule has 1 amide bonds. The summed E-state index contributed by atoms with van der Waals surface area (Å²) < 4.78 is 13.7. The number of nitrogens with one attached hydrogen (secondary N) is 1. The molecule has 210 valence electrons. The number of carbonyl (C=O) groups excluding carboxylic acids is 1. The Bertz CT molecular complexity index is 1410. The molecule has 1 fully saturated rings. The van der Waals surface area contributed by atoms with Gasteiger partial charge in [-0.2, -0.15) is 5.10 Å².